The number of aromatic nitrogens is 2. The van der Waals surface area contributed by atoms with Crippen LogP contribution in [-0.2, 0) is 27.3 Å². The Morgan fingerprint density at radius 3 is 2.61 bits per heavy atom. The van der Waals surface area contributed by atoms with Gasteiger partial charge < -0.3 is 9.64 Å². The van der Waals surface area contributed by atoms with Gasteiger partial charge in [-0.05, 0) is 48.4 Å². The number of thiophene rings is 1. The van der Waals surface area contributed by atoms with Gasteiger partial charge in [0.1, 0.15) is 0 Å². The Bertz CT molecular complexity index is 949. The van der Waals surface area contributed by atoms with Gasteiger partial charge in [0.25, 0.3) is 5.91 Å². The van der Waals surface area contributed by atoms with E-state index >= 15 is 0 Å². The molecule has 0 spiro atoms. The van der Waals surface area contributed by atoms with Crippen molar-refractivity contribution in [3.63, 3.8) is 0 Å². The second kappa shape index (κ2) is 8.84. The maximum Gasteiger partial charge on any atom is 0.310 e. The summed E-state index contributed by atoms with van der Waals surface area (Å²) in [6, 6.07) is 11.7. The molecule has 0 aliphatic rings. The molecular weight excluding hydrogens is 374 g/mol. The van der Waals surface area contributed by atoms with Gasteiger partial charge in [-0.2, -0.15) is 16.4 Å². The fraction of sp³-hybridized carbons (Fsp3) is 0.286. The Morgan fingerprint density at radius 1 is 1.18 bits per heavy atom. The van der Waals surface area contributed by atoms with Gasteiger partial charge in [0.05, 0.1) is 17.8 Å². The Morgan fingerprint density at radius 2 is 1.93 bits per heavy atom. The summed E-state index contributed by atoms with van der Waals surface area (Å²) < 4.78 is 7.03. The first kappa shape index (κ1) is 19.8. The molecule has 1 amide bonds. The molecule has 6 nitrogen and oxygen atoms in total. The highest BCUT2D eigenvalue weighted by Crippen LogP contribution is 2.18. The minimum atomic E-state index is -0.434. The number of rotatable bonds is 7. The maximum absolute atomic E-state index is 12.3. The summed E-state index contributed by atoms with van der Waals surface area (Å²) in [5.41, 5.74) is 4.49. The summed E-state index contributed by atoms with van der Waals surface area (Å²) in [4.78, 5) is 26.0. The highest BCUT2D eigenvalue weighted by atomic mass is 32.1. The van der Waals surface area contributed by atoms with Crippen LogP contribution in [0.5, 0.6) is 0 Å². The van der Waals surface area contributed by atoms with Crippen molar-refractivity contribution in [2.24, 2.45) is 0 Å². The van der Waals surface area contributed by atoms with E-state index in [-0.39, 0.29) is 18.9 Å². The van der Waals surface area contributed by atoms with Crippen molar-refractivity contribution in [2.45, 2.75) is 26.8 Å². The summed E-state index contributed by atoms with van der Waals surface area (Å²) in [6.07, 6.45) is 0.0893. The van der Waals surface area contributed by atoms with Gasteiger partial charge in [-0.1, -0.05) is 18.2 Å². The number of aryl methyl sites for hydroxylation is 1. The van der Waals surface area contributed by atoms with E-state index in [9.17, 15) is 9.59 Å². The molecular formula is C21H23N3O3S. The van der Waals surface area contributed by atoms with Crippen LogP contribution in [0.15, 0.2) is 47.2 Å². The third-order valence-electron chi connectivity index (χ3n) is 4.55. The molecule has 7 heteroatoms. The number of likely N-dealkylation sites (N-methyl/N-ethyl adjacent to an activating group) is 1. The number of amides is 1. The number of nitrogens with zero attached hydrogens (tertiary/aromatic N) is 3. The van der Waals surface area contributed by atoms with Crippen molar-refractivity contribution in [3.8, 4) is 5.69 Å². The average molecular weight is 398 g/mol. The number of esters is 1. The van der Waals surface area contributed by atoms with Gasteiger partial charge in [-0.15, -0.1) is 0 Å². The lowest BCUT2D eigenvalue weighted by atomic mass is 10.1. The minimum Gasteiger partial charge on any atom is -0.455 e. The Hall–Kier alpha value is -2.93. The standard InChI is InChI=1S/C21H23N3O3S/c1-15-19(16(2)24(22-15)18-7-5-4-6-8-18)11-21(26)27-13-20(25)23(3)12-17-9-10-28-14-17/h4-10,14H,11-13H2,1-3H3. The van der Waals surface area contributed by atoms with E-state index < -0.39 is 5.97 Å². The maximum atomic E-state index is 12.3. The van der Waals surface area contributed by atoms with Crippen LogP contribution in [0.3, 0.4) is 0 Å². The number of benzene rings is 1. The quantitative estimate of drug-likeness (QED) is 0.574. The largest absolute Gasteiger partial charge is 0.455 e. The first-order valence-electron chi connectivity index (χ1n) is 8.97. The van der Waals surface area contributed by atoms with Crippen LogP contribution in [0.2, 0.25) is 0 Å². The van der Waals surface area contributed by atoms with Crippen LogP contribution in [-0.4, -0.2) is 40.2 Å². The zero-order valence-corrected chi connectivity index (χ0v) is 17.0. The van der Waals surface area contributed by atoms with Crippen molar-refractivity contribution >= 4 is 23.2 Å². The van der Waals surface area contributed by atoms with Gasteiger partial charge in [-0.25, -0.2) is 4.68 Å². The molecule has 28 heavy (non-hydrogen) atoms. The molecule has 0 N–H and O–H groups in total. The molecule has 0 aliphatic heterocycles. The average Bonchev–Trinajstić information content (AvgIpc) is 3.30. The van der Waals surface area contributed by atoms with E-state index in [0.29, 0.717) is 6.54 Å². The van der Waals surface area contributed by atoms with Crippen LogP contribution in [0.4, 0.5) is 0 Å². The SMILES string of the molecule is Cc1nn(-c2ccccc2)c(C)c1CC(=O)OCC(=O)N(C)Cc1ccsc1. The summed E-state index contributed by atoms with van der Waals surface area (Å²) in [5.74, 6) is -0.663. The molecule has 0 aliphatic carbocycles. The number of carbonyl (C=O) groups excluding carboxylic acids is 2. The zero-order chi connectivity index (χ0) is 20.1. The van der Waals surface area contributed by atoms with Crippen molar-refractivity contribution in [1.29, 1.82) is 0 Å². The van der Waals surface area contributed by atoms with Crippen LogP contribution >= 0.6 is 11.3 Å². The number of carbonyl (C=O) groups is 2. The van der Waals surface area contributed by atoms with Crippen LogP contribution in [0.25, 0.3) is 5.69 Å². The predicted molar refractivity (Wildman–Crippen MR) is 108 cm³/mol. The van der Waals surface area contributed by atoms with Crippen molar-refractivity contribution < 1.29 is 14.3 Å². The molecule has 0 saturated carbocycles. The summed E-state index contributed by atoms with van der Waals surface area (Å²) in [7, 11) is 1.70. The summed E-state index contributed by atoms with van der Waals surface area (Å²) >= 11 is 1.58. The monoisotopic (exact) mass is 397 g/mol. The van der Waals surface area contributed by atoms with E-state index in [1.165, 1.54) is 0 Å². The van der Waals surface area contributed by atoms with Gasteiger partial charge in [0.2, 0.25) is 0 Å². The molecule has 2 aromatic heterocycles. The van der Waals surface area contributed by atoms with Crippen LogP contribution < -0.4 is 0 Å². The smallest absolute Gasteiger partial charge is 0.310 e. The molecule has 2 heterocycles. The van der Waals surface area contributed by atoms with E-state index in [4.69, 9.17) is 4.74 Å². The Labute approximate surface area is 168 Å². The number of hydrogen-bond donors (Lipinski definition) is 0. The number of para-hydroxylation sites is 1. The lowest BCUT2D eigenvalue weighted by molar-refractivity contribution is -0.151. The first-order valence-corrected chi connectivity index (χ1v) is 9.91. The van der Waals surface area contributed by atoms with E-state index in [2.05, 4.69) is 5.10 Å². The molecule has 0 saturated heterocycles. The second-order valence-corrected chi connectivity index (χ2v) is 7.40. The predicted octanol–water partition coefficient (Wildman–Crippen LogP) is 3.29. The molecule has 146 valence electrons. The number of hydrogen-bond acceptors (Lipinski definition) is 5. The molecule has 0 radical (unpaired) electrons. The zero-order valence-electron chi connectivity index (χ0n) is 16.2. The van der Waals surface area contributed by atoms with E-state index in [0.717, 1.165) is 28.2 Å². The lowest BCUT2D eigenvalue weighted by Crippen LogP contribution is -2.31. The number of ether oxygens (including phenoxy) is 1. The molecule has 0 unspecified atom stereocenters. The molecule has 0 atom stereocenters. The van der Waals surface area contributed by atoms with Crippen molar-refractivity contribution in [2.75, 3.05) is 13.7 Å². The molecule has 0 fully saturated rings. The van der Waals surface area contributed by atoms with E-state index in [1.807, 2.05) is 65.7 Å². The second-order valence-electron chi connectivity index (χ2n) is 6.62. The van der Waals surface area contributed by atoms with Crippen LogP contribution in [0, 0.1) is 13.8 Å². The van der Waals surface area contributed by atoms with Gasteiger partial charge >= 0.3 is 5.97 Å². The van der Waals surface area contributed by atoms with Gasteiger partial charge in [0, 0.05) is 24.8 Å². The topological polar surface area (TPSA) is 64.4 Å². The normalized spacial score (nSPS) is 10.7. The third-order valence-corrected chi connectivity index (χ3v) is 5.28. The van der Waals surface area contributed by atoms with Crippen molar-refractivity contribution in [3.05, 3.63) is 69.7 Å². The Balaban J connectivity index is 1.58. The van der Waals surface area contributed by atoms with Gasteiger partial charge in [0.15, 0.2) is 6.61 Å². The van der Waals surface area contributed by atoms with Crippen molar-refractivity contribution in [1.82, 2.24) is 14.7 Å². The third kappa shape index (κ3) is 4.67. The highest BCUT2D eigenvalue weighted by molar-refractivity contribution is 7.07. The molecule has 0 bridgehead atoms. The van der Waals surface area contributed by atoms with Gasteiger partial charge in [-0.3, -0.25) is 9.59 Å². The fourth-order valence-corrected chi connectivity index (χ4v) is 3.60. The summed E-state index contributed by atoms with van der Waals surface area (Å²) in [5, 5.41) is 8.49. The minimum absolute atomic E-state index is 0.0893. The van der Waals surface area contributed by atoms with Crippen LogP contribution in [0.1, 0.15) is 22.5 Å². The summed E-state index contributed by atoms with van der Waals surface area (Å²) in [6.45, 7) is 4.04. The lowest BCUT2D eigenvalue weighted by Gasteiger charge is -2.16. The highest BCUT2D eigenvalue weighted by Gasteiger charge is 2.18. The fourth-order valence-electron chi connectivity index (χ4n) is 2.94. The molecule has 1 aromatic carbocycles. The first-order chi connectivity index (χ1) is 13.5. The molecule has 3 aromatic rings. The molecule has 3 rings (SSSR count). The van der Waals surface area contributed by atoms with E-state index in [1.54, 1.807) is 23.3 Å². The Kier molecular flexibility index (Phi) is 6.26.